The molecule has 1 fully saturated rings. The zero-order valence-electron chi connectivity index (χ0n) is 10.5. The lowest BCUT2D eigenvalue weighted by Crippen LogP contribution is -2.47. The third kappa shape index (κ3) is 3.00. The van der Waals surface area contributed by atoms with Gasteiger partial charge in [-0.15, -0.1) is 0 Å². The number of nitrogens with two attached hydrogens (primary N) is 1. The lowest BCUT2D eigenvalue weighted by atomic mass is 9.89. The summed E-state index contributed by atoms with van der Waals surface area (Å²) in [6.45, 7) is 0. The number of carbonyl (C=O) groups is 1. The molecule has 1 aliphatic carbocycles. The predicted octanol–water partition coefficient (Wildman–Crippen LogP) is 0.0833. The number of nitrogens with zero attached hydrogens (tertiary/aromatic N) is 2. The van der Waals surface area contributed by atoms with Crippen LogP contribution in [0.25, 0.3) is 0 Å². The maximum absolute atomic E-state index is 11.9. The van der Waals surface area contributed by atoms with Crippen LogP contribution in [0.15, 0.2) is 23.5 Å². The minimum absolute atomic E-state index is 0.0404. The van der Waals surface area contributed by atoms with Crippen molar-refractivity contribution in [3.05, 3.63) is 29.6 Å². The fourth-order valence-electron chi connectivity index (χ4n) is 1.87. The first kappa shape index (κ1) is 13.3. The molecule has 0 aliphatic heterocycles. The normalized spacial score (nSPS) is 22.7. The molecule has 7 heteroatoms. The second-order valence-electron chi connectivity index (χ2n) is 4.42. The van der Waals surface area contributed by atoms with E-state index >= 15 is 0 Å². The second kappa shape index (κ2) is 5.66. The van der Waals surface area contributed by atoms with E-state index in [-0.39, 0.29) is 23.9 Å². The van der Waals surface area contributed by atoms with Crippen LogP contribution in [0.2, 0.25) is 0 Å². The average Bonchev–Trinajstić information content (AvgIpc) is 2.41. The zero-order valence-corrected chi connectivity index (χ0v) is 10.5. The van der Waals surface area contributed by atoms with Gasteiger partial charge in [0.15, 0.2) is 5.84 Å². The van der Waals surface area contributed by atoms with Crippen molar-refractivity contribution in [2.75, 3.05) is 7.11 Å². The Morgan fingerprint density at radius 2 is 2.32 bits per heavy atom. The first-order valence-corrected chi connectivity index (χ1v) is 5.91. The van der Waals surface area contributed by atoms with Crippen LogP contribution in [0.1, 0.15) is 28.9 Å². The summed E-state index contributed by atoms with van der Waals surface area (Å²) in [5.74, 6) is -0.271. The average molecular weight is 264 g/mol. The van der Waals surface area contributed by atoms with E-state index in [1.54, 1.807) is 13.2 Å². The van der Waals surface area contributed by atoms with Gasteiger partial charge in [-0.1, -0.05) is 5.16 Å². The lowest BCUT2D eigenvalue weighted by Gasteiger charge is -2.34. The number of hydrogen-bond donors (Lipinski definition) is 3. The van der Waals surface area contributed by atoms with Crippen LogP contribution in [-0.2, 0) is 4.74 Å². The van der Waals surface area contributed by atoms with Crippen LogP contribution in [0.5, 0.6) is 0 Å². The van der Waals surface area contributed by atoms with Gasteiger partial charge in [0.05, 0.1) is 6.10 Å². The van der Waals surface area contributed by atoms with E-state index in [0.29, 0.717) is 11.3 Å². The molecule has 1 aromatic rings. The minimum atomic E-state index is -0.231. The van der Waals surface area contributed by atoms with Crippen LogP contribution in [0, 0.1) is 0 Å². The van der Waals surface area contributed by atoms with E-state index in [2.05, 4.69) is 15.5 Å². The molecule has 1 heterocycles. The number of amides is 1. The Morgan fingerprint density at radius 1 is 1.58 bits per heavy atom. The highest BCUT2D eigenvalue weighted by Crippen LogP contribution is 2.22. The number of ether oxygens (including phenoxy) is 1. The molecule has 1 aliphatic rings. The number of rotatable bonds is 4. The number of oxime groups is 1. The van der Waals surface area contributed by atoms with Crippen LogP contribution < -0.4 is 11.1 Å². The summed E-state index contributed by atoms with van der Waals surface area (Å²) in [7, 11) is 1.66. The van der Waals surface area contributed by atoms with Gasteiger partial charge < -0.3 is 21.0 Å². The Kier molecular flexibility index (Phi) is 3.96. The third-order valence-corrected chi connectivity index (χ3v) is 3.16. The highest BCUT2D eigenvalue weighted by atomic mass is 16.5. The van der Waals surface area contributed by atoms with Crippen molar-refractivity contribution in [3.63, 3.8) is 0 Å². The van der Waals surface area contributed by atoms with Crippen LogP contribution in [0.4, 0.5) is 0 Å². The van der Waals surface area contributed by atoms with Crippen LogP contribution in [0.3, 0.4) is 0 Å². The van der Waals surface area contributed by atoms with Gasteiger partial charge in [0.1, 0.15) is 5.69 Å². The van der Waals surface area contributed by atoms with Gasteiger partial charge in [-0.05, 0) is 25.0 Å². The van der Waals surface area contributed by atoms with E-state index in [0.717, 1.165) is 12.8 Å². The lowest BCUT2D eigenvalue weighted by molar-refractivity contribution is 0.0175. The maximum atomic E-state index is 11.9. The Hall–Kier alpha value is -2.15. The molecular weight excluding hydrogens is 248 g/mol. The van der Waals surface area contributed by atoms with E-state index in [1.165, 1.54) is 12.3 Å². The first-order valence-electron chi connectivity index (χ1n) is 5.91. The molecule has 7 nitrogen and oxygen atoms in total. The Labute approximate surface area is 110 Å². The number of aromatic nitrogens is 1. The topological polar surface area (TPSA) is 110 Å². The fraction of sp³-hybridized carbons (Fsp3) is 0.417. The summed E-state index contributed by atoms with van der Waals surface area (Å²) in [6, 6.07) is 3.26. The smallest absolute Gasteiger partial charge is 0.270 e. The van der Waals surface area contributed by atoms with Crippen molar-refractivity contribution in [2.24, 2.45) is 10.9 Å². The van der Waals surface area contributed by atoms with Gasteiger partial charge in [-0.2, -0.15) is 0 Å². The number of methoxy groups -OCH3 is 1. The van der Waals surface area contributed by atoms with E-state index in [4.69, 9.17) is 15.7 Å². The summed E-state index contributed by atoms with van der Waals surface area (Å²) in [6.07, 6.45) is 3.28. The summed E-state index contributed by atoms with van der Waals surface area (Å²) in [4.78, 5) is 15.9. The minimum Gasteiger partial charge on any atom is -0.409 e. The van der Waals surface area contributed by atoms with Crippen molar-refractivity contribution in [3.8, 4) is 0 Å². The predicted molar refractivity (Wildman–Crippen MR) is 68.0 cm³/mol. The molecule has 0 bridgehead atoms. The van der Waals surface area contributed by atoms with Crippen LogP contribution >= 0.6 is 0 Å². The molecule has 0 saturated heterocycles. The quantitative estimate of drug-likeness (QED) is 0.309. The highest BCUT2D eigenvalue weighted by Gasteiger charge is 2.30. The van der Waals surface area contributed by atoms with Gasteiger partial charge in [0.2, 0.25) is 0 Å². The molecule has 0 spiro atoms. The number of pyridine rings is 1. The Morgan fingerprint density at radius 3 is 2.84 bits per heavy atom. The molecule has 4 N–H and O–H groups in total. The number of hydrogen-bond acceptors (Lipinski definition) is 5. The monoisotopic (exact) mass is 264 g/mol. The summed E-state index contributed by atoms with van der Waals surface area (Å²) >= 11 is 0. The number of amidine groups is 1. The molecule has 2 rings (SSSR count). The molecule has 0 unspecified atom stereocenters. The molecule has 102 valence electrons. The SMILES string of the molecule is COC1CC(NC(=O)c2ccc(/C(N)=N/O)cn2)C1. The van der Waals surface area contributed by atoms with Crippen molar-refractivity contribution in [2.45, 2.75) is 25.0 Å². The molecule has 1 amide bonds. The fourth-order valence-corrected chi connectivity index (χ4v) is 1.87. The maximum Gasteiger partial charge on any atom is 0.270 e. The Bertz CT molecular complexity index is 480. The van der Waals surface area contributed by atoms with Crippen LogP contribution in [-0.4, -0.2) is 41.2 Å². The van der Waals surface area contributed by atoms with Gasteiger partial charge >= 0.3 is 0 Å². The summed E-state index contributed by atoms with van der Waals surface area (Å²) in [5.41, 5.74) is 6.17. The van der Waals surface area contributed by atoms with E-state index in [9.17, 15) is 4.79 Å². The summed E-state index contributed by atoms with van der Waals surface area (Å²) in [5, 5.41) is 14.2. The third-order valence-electron chi connectivity index (χ3n) is 3.16. The molecule has 19 heavy (non-hydrogen) atoms. The molecule has 0 radical (unpaired) electrons. The second-order valence-corrected chi connectivity index (χ2v) is 4.42. The Balaban J connectivity index is 1.93. The number of carbonyl (C=O) groups excluding carboxylic acids is 1. The van der Waals surface area contributed by atoms with E-state index < -0.39 is 0 Å². The summed E-state index contributed by atoms with van der Waals surface area (Å²) < 4.78 is 5.14. The van der Waals surface area contributed by atoms with Crippen molar-refractivity contribution in [1.82, 2.24) is 10.3 Å². The van der Waals surface area contributed by atoms with Gasteiger partial charge in [-0.3, -0.25) is 9.78 Å². The van der Waals surface area contributed by atoms with Gasteiger partial charge in [0, 0.05) is 24.9 Å². The van der Waals surface area contributed by atoms with Gasteiger partial charge in [-0.25, -0.2) is 0 Å². The van der Waals surface area contributed by atoms with Crippen molar-refractivity contribution >= 4 is 11.7 Å². The largest absolute Gasteiger partial charge is 0.409 e. The molecule has 0 atom stereocenters. The molecule has 1 saturated carbocycles. The van der Waals surface area contributed by atoms with Gasteiger partial charge in [0.25, 0.3) is 5.91 Å². The van der Waals surface area contributed by atoms with E-state index in [1.807, 2.05) is 0 Å². The number of nitrogens with one attached hydrogen (secondary N) is 1. The standard InChI is InChI=1S/C12H16N4O3/c1-19-9-4-8(5-9)15-12(17)10-3-2-7(6-14-10)11(13)16-18/h2-3,6,8-9,18H,4-5H2,1H3,(H2,13,16)(H,15,17). The van der Waals surface area contributed by atoms with Crippen molar-refractivity contribution in [1.29, 1.82) is 0 Å². The molecule has 0 aromatic carbocycles. The first-order chi connectivity index (χ1) is 9.13. The molecular formula is C12H16N4O3. The highest BCUT2D eigenvalue weighted by molar-refractivity contribution is 5.98. The van der Waals surface area contributed by atoms with Crippen molar-refractivity contribution < 1.29 is 14.7 Å². The molecule has 1 aromatic heterocycles. The zero-order chi connectivity index (χ0) is 13.8.